The van der Waals surface area contributed by atoms with Gasteiger partial charge in [-0.1, -0.05) is 12.1 Å². The van der Waals surface area contributed by atoms with Gasteiger partial charge in [0.1, 0.15) is 5.54 Å². The zero-order valence-electron chi connectivity index (χ0n) is 10.7. The Balaban J connectivity index is 2.47. The maximum atomic E-state index is 11.5. The minimum Gasteiger partial charge on any atom is -0.480 e. The number of carbonyl (C=O) groups is 1. The Hall–Kier alpha value is -1.59. The summed E-state index contributed by atoms with van der Waals surface area (Å²) in [5.41, 5.74) is 6.22. The van der Waals surface area contributed by atoms with Gasteiger partial charge < -0.3 is 10.8 Å². The van der Waals surface area contributed by atoms with Gasteiger partial charge in [-0.25, -0.2) is 4.79 Å². The largest absolute Gasteiger partial charge is 0.480 e. The molecule has 0 aliphatic carbocycles. The molecule has 0 aliphatic heterocycles. The Morgan fingerprint density at radius 3 is 2.95 bits per heavy atom. The Morgan fingerprint density at radius 2 is 2.26 bits per heavy atom. The predicted molar refractivity (Wildman–Crippen MR) is 78.2 cm³/mol. The van der Waals surface area contributed by atoms with Gasteiger partial charge in [-0.05, 0) is 42.2 Å². The normalized spacial score (nSPS) is 14.2. The van der Waals surface area contributed by atoms with Crippen LogP contribution in [0.4, 0.5) is 0 Å². The van der Waals surface area contributed by atoms with Crippen molar-refractivity contribution in [2.45, 2.75) is 12.0 Å². The van der Waals surface area contributed by atoms with Gasteiger partial charge in [-0.15, -0.1) is 0 Å². The number of hydrogen-bond acceptors (Lipinski definition) is 4. The second kappa shape index (κ2) is 5.59. The van der Waals surface area contributed by atoms with Crippen LogP contribution in [0.25, 0.3) is 10.9 Å². The maximum absolute atomic E-state index is 11.5. The molecule has 0 saturated heterocycles. The highest BCUT2D eigenvalue weighted by Gasteiger charge is 2.35. The lowest BCUT2D eigenvalue weighted by Gasteiger charge is -2.25. The fourth-order valence-corrected chi connectivity index (χ4v) is 2.52. The number of carboxylic acids is 1. The molecule has 2 rings (SSSR count). The SMILES string of the molecule is CSCCC(N)(C(=O)O)c1ccc2ncccc2c1. The molecule has 0 fully saturated rings. The van der Waals surface area contributed by atoms with Crippen molar-refractivity contribution >= 4 is 28.6 Å². The van der Waals surface area contributed by atoms with Crippen molar-refractivity contribution < 1.29 is 9.90 Å². The third-order valence-electron chi connectivity index (χ3n) is 3.20. The fourth-order valence-electron chi connectivity index (χ4n) is 1.99. The first kappa shape index (κ1) is 13.8. The topological polar surface area (TPSA) is 76.2 Å². The molecule has 4 nitrogen and oxygen atoms in total. The van der Waals surface area contributed by atoms with Crippen LogP contribution in [0.5, 0.6) is 0 Å². The molecule has 2 aromatic rings. The molecule has 3 N–H and O–H groups in total. The summed E-state index contributed by atoms with van der Waals surface area (Å²) in [6.45, 7) is 0. The van der Waals surface area contributed by atoms with E-state index in [1.54, 1.807) is 24.0 Å². The second-order valence-corrected chi connectivity index (χ2v) is 5.42. The number of pyridine rings is 1. The van der Waals surface area contributed by atoms with Gasteiger partial charge in [0.15, 0.2) is 0 Å². The minimum atomic E-state index is -1.34. The zero-order valence-corrected chi connectivity index (χ0v) is 11.5. The molecule has 0 radical (unpaired) electrons. The van der Waals surface area contributed by atoms with Gasteiger partial charge in [0.05, 0.1) is 5.52 Å². The average molecular weight is 276 g/mol. The number of nitrogens with zero attached hydrogens (tertiary/aromatic N) is 1. The lowest BCUT2D eigenvalue weighted by atomic mass is 9.87. The highest BCUT2D eigenvalue weighted by atomic mass is 32.2. The van der Waals surface area contributed by atoms with Crippen LogP contribution in [0.15, 0.2) is 36.5 Å². The summed E-state index contributed by atoms with van der Waals surface area (Å²) in [5, 5.41) is 10.3. The van der Waals surface area contributed by atoms with Crippen LogP contribution >= 0.6 is 11.8 Å². The van der Waals surface area contributed by atoms with Crippen LogP contribution < -0.4 is 5.73 Å². The van der Waals surface area contributed by atoms with Crippen molar-refractivity contribution in [3.8, 4) is 0 Å². The number of benzene rings is 1. The monoisotopic (exact) mass is 276 g/mol. The third kappa shape index (κ3) is 2.72. The van der Waals surface area contributed by atoms with E-state index < -0.39 is 11.5 Å². The van der Waals surface area contributed by atoms with Gasteiger partial charge in [0, 0.05) is 11.6 Å². The van der Waals surface area contributed by atoms with Crippen LogP contribution in [0, 0.1) is 0 Å². The van der Waals surface area contributed by atoms with Gasteiger partial charge >= 0.3 is 5.97 Å². The van der Waals surface area contributed by atoms with E-state index in [0.29, 0.717) is 17.7 Å². The van der Waals surface area contributed by atoms with Crippen molar-refractivity contribution in [1.29, 1.82) is 0 Å². The Morgan fingerprint density at radius 1 is 1.47 bits per heavy atom. The fraction of sp³-hybridized carbons (Fsp3) is 0.286. The summed E-state index contributed by atoms with van der Waals surface area (Å²) >= 11 is 1.59. The number of aromatic nitrogens is 1. The quantitative estimate of drug-likeness (QED) is 0.875. The number of carboxylic acid groups (broad SMARTS) is 1. The van der Waals surface area contributed by atoms with Crippen LogP contribution in [0.2, 0.25) is 0 Å². The Labute approximate surface area is 116 Å². The summed E-state index contributed by atoms with van der Waals surface area (Å²) in [6, 6.07) is 9.12. The van der Waals surface area contributed by atoms with Crippen LogP contribution in [0.3, 0.4) is 0 Å². The summed E-state index contributed by atoms with van der Waals surface area (Å²) in [5.74, 6) is -0.293. The van der Waals surface area contributed by atoms with Crippen molar-refractivity contribution in [3.63, 3.8) is 0 Å². The molecule has 1 heterocycles. The van der Waals surface area contributed by atoms with Crippen LogP contribution in [-0.2, 0) is 10.3 Å². The van der Waals surface area contributed by atoms with Crippen molar-refractivity contribution in [2.75, 3.05) is 12.0 Å². The highest BCUT2D eigenvalue weighted by molar-refractivity contribution is 7.98. The van der Waals surface area contributed by atoms with E-state index in [1.165, 1.54) is 0 Å². The average Bonchev–Trinajstić information content (AvgIpc) is 2.44. The van der Waals surface area contributed by atoms with Crippen molar-refractivity contribution in [2.24, 2.45) is 5.73 Å². The summed E-state index contributed by atoms with van der Waals surface area (Å²) in [6.07, 6.45) is 4.05. The first-order chi connectivity index (χ1) is 9.08. The molecule has 1 aromatic heterocycles. The molecule has 0 bridgehead atoms. The van der Waals surface area contributed by atoms with E-state index in [4.69, 9.17) is 5.73 Å². The van der Waals surface area contributed by atoms with Gasteiger partial charge in [-0.2, -0.15) is 11.8 Å². The molecule has 100 valence electrons. The smallest absolute Gasteiger partial charge is 0.328 e. The Bertz CT molecular complexity index is 603. The molecule has 0 amide bonds. The predicted octanol–water partition coefficient (Wildman–Crippen LogP) is 2.23. The van der Waals surface area contributed by atoms with Crippen LogP contribution in [-0.4, -0.2) is 28.1 Å². The van der Waals surface area contributed by atoms with E-state index in [0.717, 1.165) is 10.9 Å². The summed E-state index contributed by atoms with van der Waals surface area (Å²) in [4.78, 5) is 15.7. The molecule has 19 heavy (non-hydrogen) atoms. The Kier molecular flexibility index (Phi) is 4.07. The van der Waals surface area contributed by atoms with E-state index in [1.807, 2.05) is 30.5 Å². The van der Waals surface area contributed by atoms with E-state index in [9.17, 15) is 9.90 Å². The number of hydrogen-bond donors (Lipinski definition) is 2. The number of aliphatic carboxylic acids is 1. The lowest BCUT2D eigenvalue weighted by Crippen LogP contribution is -2.45. The van der Waals surface area contributed by atoms with Crippen molar-refractivity contribution in [1.82, 2.24) is 4.98 Å². The second-order valence-electron chi connectivity index (χ2n) is 4.43. The van der Waals surface area contributed by atoms with E-state index in [2.05, 4.69) is 4.98 Å². The number of thioether (sulfide) groups is 1. The molecule has 0 spiro atoms. The number of rotatable bonds is 5. The molecular formula is C14H16N2O2S. The number of nitrogens with two attached hydrogens (primary N) is 1. The van der Waals surface area contributed by atoms with Gasteiger partial charge in [0.2, 0.25) is 0 Å². The molecular weight excluding hydrogens is 260 g/mol. The van der Waals surface area contributed by atoms with E-state index >= 15 is 0 Å². The zero-order chi connectivity index (χ0) is 13.9. The first-order valence-electron chi connectivity index (χ1n) is 5.94. The first-order valence-corrected chi connectivity index (χ1v) is 7.34. The molecule has 0 saturated carbocycles. The van der Waals surface area contributed by atoms with Gasteiger partial charge in [-0.3, -0.25) is 4.98 Å². The molecule has 1 aromatic carbocycles. The molecule has 1 unspecified atom stereocenters. The van der Waals surface area contributed by atoms with E-state index in [-0.39, 0.29) is 0 Å². The minimum absolute atomic E-state index is 0.398. The molecule has 0 aliphatic rings. The molecule has 5 heteroatoms. The van der Waals surface area contributed by atoms with Crippen LogP contribution in [0.1, 0.15) is 12.0 Å². The molecule has 1 atom stereocenters. The highest BCUT2D eigenvalue weighted by Crippen LogP contribution is 2.27. The standard InChI is InChI=1S/C14H16N2O2S/c1-19-8-6-14(15,13(17)18)11-4-5-12-10(9-11)3-2-7-16-12/h2-5,7,9H,6,8,15H2,1H3,(H,17,18). The summed E-state index contributed by atoms with van der Waals surface area (Å²) in [7, 11) is 0. The number of fused-ring (bicyclic) bond motifs is 1. The maximum Gasteiger partial charge on any atom is 0.328 e. The third-order valence-corrected chi connectivity index (χ3v) is 3.81. The lowest BCUT2D eigenvalue weighted by molar-refractivity contribution is -0.143. The van der Waals surface area contributed by atoms with Crippen molar-refractivity contribution in [3.05, 3.63) is 42.1 Å². The summed E-state index contributed by atoms with van der Waals surface area (Å²) < 4.78 is 0. The van der Waals surface area contributed by atoms with Gasteiger partial charge in [0.25, 0.3) is 0 Å².